The van der Waals surface area contributed by atoms with Crippen LogP contribution in [0.5, 0.6) is 0 Å². The highest BCUT2D eigenvalue weighted by Crippen LogP contribution is 2.16. The Kier molecular flexibility index (Phi) is 3.02. The van der Waals surface area contributed by atoms with Crippen molar-refractivity contribution in [3.8, 4) is 6.07 Å². The molecule has 0 fully saturated rings. The standard InChI is InChI=1S/C9H8ClN3/c1-2-7(12)8-4-3-6(10)9(5-11)13-8/h2-4,7H,1,12H2. The van der Waals surface area contributed by atoms with Crippen molar-refractivity contribution in [1.29, 1.82) is 5.26 Å². The Morgan fingerprint density at radius 3 is 2.92 bits per heavy atom. The highest BCUT2D eigenvalue weighted by atomic mass is 35.5. The predicted octanol–water partition coefficient (Wildman–Crippen LogP) is 1.79. The van der Waals surface area contributed by atoms with Crippen molar-refractivity contribution < 1.29 is 0 Å². The molecule has 0 bridgehead atoms. The molecule has 1 atom stereocenters. The van der Waals surface area contributed by atoms with Gasteiger partial charge in [-0.25, -0.2) is 4.98 Å². The summed E-state index contributed by atoms with van der Waals surface area (Å²) in [6.07, 6.45) is 1.55. The van der Waals surface area contributed by atoms with E-state index in [9.17, 15) is 0 Å². The number of hydrogen-bond donors (Lipinski definition) is 1. The number of nitrogens with zero attached hydrogens (tertiary/aromatic N) is 2. The summed E-state index contributed by atoms with van der Waals surface area (Å²) >= 11 is 5.69. The molecule has 0 saturated heterocycles. The summed E-state index contributed by atoms with van der Waals surface area (Å²) in [5.74, 6) is 0. The Morgan fingerprint density at radius 1 is 1.69 bits per heavy atom. The minimum Gasteiger partial charge on any atom is -0.319 e. The zero-order valence-electron chi connectivity index (χ0n) is 6.87. The van der Waals surface area contributed by atoms with Crippen molar-refractivity contribution in [1.82, 2.24) is 4.98 Å². The molecule has 0 aliphatic rings. The maximum Gasteiger partial charge on any atom is 0.159 e. The highest BCUT2D eigenvalue weighted by Gasteiger charge is 2.06. The van der Waals surface area contributed by atoms with E-state index >= 15 is 0 Å². The second-order valence-electron chi connectivity index (χ2n) is 2.44. The van der Waals surface area contributed by atoms with Gasteiger partial charge in [-0.15, -0.1) is 6.58 Å². The van der Waals surface area contributed by atoms with Crippen molar-refractivity contribution in [2.75, 3.05) is 0 Å². The fraction of sp³-hybridized carbons (Fsp3) is 0.111. The lowest BCUT2D eigenvalue weighted by molar-refractivity contribution is 0.860. The van der Waals surface area contributed by atoms with Crippen molar-refractivity contribution in [3.05, 3.63) is 41.2 Å². The first kappa shape index (κ1) is 9.72. The monoisotopic (exact) mass is 193 g/mol. The lowest BCUT2D eigenvalue weighted by atomic mass is 10.2. The van der Waals surface area contributed by atoms with Crippen LogP contribution in [0.4, 0.5) is 0 Å². The third-order valence-corrected chi connectivity index (χ3v) is 1.87. The number of halogens is 1. The van der Waals surface area contributed by atoms with E-state index in [2.05, 4.69) is 11.6 Å². The first-order chi connectivity index (χ1) is 6.19. The number of aromatic nitrogens is 1. The zero-order valence-corrected chi connectivity index (χ0v) is 7.62. The number of nitriles is 1. The van der Waals surface area contributed by atoms with Crippen LogP contribution >= 0.6 is 11.6 Å². The van der Waals surface area contributed by atoms with Crippen molar-refractivity contribution in [2.45, 2.75) is 6.04 Å². The van der Waals surface area contributed by atoms with E-state index in [0.717, 1.165) is 0 Å². The first-order valence-corrected chi connectivity index (χ1v) is 4.01. The number of nitrogens with two attached hydrogens (primary N) is 1. The lowest BCUT2D eigenvalue weighted by Crippen LogP contribution is -2.09. The Labute approximate surface area is 81.5 Å². The molecule has 1 rings (SSSR count). The van der Waals surface area contributed by atoms with E-state index in [1.807, 2.05) is 6.07 Å². The molecule has 0 aromatic carbocycles. The molecule has 1 aromatic heterocycles. The third kappa shape index (κ3) is 2.05. The largest absolute Gasteiger partial charge is 0.319 e. The molecule has 0 saturated carbocycles. The molecule has 0 amide bonds. The molecule has 13 heavy (non-hydrogen) atoms. The van der Waals surface area contributed by atoms with E-state index in [1.165, 1.54) is 0 Å². The molecule has 3 nitrogen and oxygen atoms in total. The Balaban J connectivity index is 3.15. The second kappa shape index (κ2) is 4.04. The summed E-state index contributed by atoms with van der Waals surface area (Å²) < 4.78 is 0. The van der Waals surface area contributed by atoms with Gasteiger partial charge in [0.05, 0.1) is 16.8 Å². The smallest absolute Gasteiger partial charge is 0.159 e. The number of hydrogen-bond acceptors (Lipinski definition) is 3. The highest BCUT2D eigenvalue weighted by molar-refractivity contribution is 6.31. The maximum absolute atomic E-state index is 8.63. The van der Waals surface area contributed by atoms with Crippen LogP contribution in [-0.2, 0) is 0 Å². The molecule has 0 aliphatic heterocycles. The van der Waals surface area contributed by atoms with Crippen LogP contribution < -0.4 is 5.73 Å². The van der Waals surface area contributed by atoms with Crippen LogP contribution in [-0.4, -0.2) is 4.98 Å². The summed E-state index contributed by atoms with van der Waals surface area (Å²) in [4.78, 5) is 3.97. The van der Waals surface area contributed by atoms with Gasteiger partial charge in [0.25, 0.3) is 0 Å². The molecule has 1 unspecified atom stereocenters. The molecule has 2 N–H and O–H groups in total. The number of rotatable bonds is 2. The van der Waals surface area contributed by atoms with Gasteiger partial charge in [-0.3, -0.25) is 0 Å². The topological polar surface area (TPSA) is 62.7 Å². The van der Waals surface area contributed by atoms with E-state index < -0.39 is 0 Å². The van der Waals surface area contributed by atoms with Gasteiger partial charge in [-0.05, 0) is 12.1 Å². The fourth-order valence-corrected chi connectivity index (χ4v) is 0.990. The van der Waals surface area contributed by atoms with Gasteiger partial charge in [0.15, 0.2) is 5.69 Å². The van der Waals surface area contributed by atoms with Crippen LogP contribution in [0.1, 0.15) is 17.4 Å². The average Bonchev–Trinajstić information content (AvgIpc) is 2.17. The first-order valence-electron chi connectivity index (χ1n) is 3.63. The van der Waals surface area contributed by atoms with Crippen LogP contribution in [0, 0.1) is 11.3 Å². The average molecular weight is 194 g/mol. The minimum absolute atomic E-state index is 0.191. The normalized spacial score (nSPS) is 11.8. The van der Waals surface area contributed by atoms with Gasteiger partial charge >= 0.3 is 0 Å². The van der Waals surface area contributed by atoms with Crippen LogP contribution in [0.25, 0.3) is 0 Å². The van der Waals surface area contributed by atoms with Gasteiger partial charge in [0.1, 0.15) is 6.07 Å². The molecule has 0 radical (unpaired) electrons. The van der Waals surface area contributed by atoms with Crippen molar-refractivity contribution >= 4 is 11.6 Å². The lowest BCUT2D eigenvalue weighted by Gasteiger charge is -2.05. The van der Waals surface area contributed by atoms with Crippen LogP contribution in [0.3, 0.4) is 0 Å². The molecule has 66 valence electrons. The molecule has 1 heterocycles. The molecular weight excluding hydrogens is 186 g/mol. The van der Waals surface area contributed by atoms with Gasteiger partial charge in [0, 0.05) is 0 Å². The summed E-state index contributed by atoms with van der Waals surface area (Å²) in [5.41, 5.74) is 6.42. The summed E-state index contributed by atoms with van der Waals surface area (Å²) in [6, 6.07) is 4.80. The van der Waals surface area contributed by atoms with Gasteiger partial charge in [-0.2, -0.15) is 5.26 Å². The molecule has 4 heteroatoms. The third-order valence-electron chi connectivity index (χ3n) is 1.57. The van der Waals surface area contributed by atoms with Crippen LogP contribution in [0.15, 0.2) is 24.8 Å². The summed E-state index contributed by atoms with van der Waals surface area (Å²) in [6.45, 7) is 3.53. The molecule has 1 aromatic rings. The maximum atomic E-state index is 8.63. The van der Waals surface area contributed by atoms with E-state index in [-0.39, 0.29) is 11.7 Å². The minimum atomic E-state index is -0.357. The Hall–Kier alpha value is -1.37. The van der Waals surface area contributed by atoms with Crippen LogP contribution in [0.2, 0.25) is 5.02 Å². The quantitative estimate of drug-likeness (QED) is 0.729. The van der Waals surface area contributed by atoms with E-state index in [4.69, 9.17) is 22.6 Å². The van der Waals surface area contributed by atoms with Crippen molar-refractivity contribution in [2.24, 2.45) is 5.73 Å². The van der Waals surface area contributed by atoms with Gasteiger partial charge in [0.2, 0.25) is 0 Å². The molecular formula is C9H8ClN3. The molecule has 0 aliphatic carbocycles. The van der Waals surface area contributed by atoms with Gasteiger partial charge in [-0.1, -0.05) is 17.7 Å². The summed E-state index contributed by atoms with van der Waals surface area (Å²) in [5, 5.41) is 8.97. The van der Waals surface area contributed by atoms with E-state index in [0.29, 0.717) is 10.7 Å². The van der Waals surface area contributed by atoms with E-state index in [1.54, 1.807) is 18.2 Å². The Bertz CT molecular complexity index is 368. The second-order valence-corrected chi connectivity index (χ2v) is 2.85. The molecule has 0 spiro atoms. The summed E-state index contributed by atoms with van der Waals surface area (Å²) in [7, 11) is 0. The number of pyridine rings is 1. The van der Waals surface area contributed by atoms with Crippen molar-refractivity contribution in [3.63, 3.8) is 0 Å². The predicted molar refractivity (Wildman–Crippen MR) is 51.1 cm³/mol. The fourth-order valence-electron chi connectivity index (χ4n) is 0.842. The zero-order chi connectivity index (χ0) is 9.84. The SMILES string of the molecule is C=CC(N)c1ccc(Cl)c(C#N)n1. The van der Waals surface area contributed by atoms with Gasteiger partial charge < -0.3 is 5.73 Å². The Morgan fingerprint density at radius 2 is 2.38 bits per heavy atom.